The molecule has 1 fully saturated rings. The van der Waals surface area contributed by atoms with Crippen molar-refractivity contribution in [3.05, 3.63) is 0 Å². The Hall–Kier alpha value is -0.0400. The third kappa shape index (κ3) is 4.08. The molecule has 0 radical (unpaired) electrons. The van der Waals surface area contributed by atoms with Crippen LogP contribution in [0.4, 0.5) is 0 Å². The highest BCUT2D eigenvalue weighted by Crippen LogP contribution is 2.39. The van der Waals surface area contributed by atoms with Crippen LogP contribution in [0.5, 0.6) is 0 Å². The molecule has 0 aromatic carbocycles. The van der Waals surface area contributed by atoms with Crippen LogP contribution in [0.1, 0.15) is 78.6 Å². The van der Waals surface area contributed by atoms with Crippen molar-refractivity contribution in [2.75, 3.05) is 0 Å². The second-order valence-electron chi connectivity index (χ2n) is 6.05. The fourth-order valence-electron chi connectivity index (χ4n) is 3.09. The quantitative estimate of drug-likeness (QED) is 0.660. The molecule has 1 nitrogen and oxygen atoms in total. The lowest BCUT2D eigenvalue weighted by Gasteiger charge is -2.41. The third-order valence-corrected chi connectivity index (χ3v) is 4.46. The SMILES string of the molecule is CCCCCCCC1(O)CCC(C)CC1C. The smallest absolute Gasteiger partial charge is 0.0673 e. The predicted octanol–water partition coefficient (Wildman–Crippen LogP) is 4.53. The van der Waals surface area contributed by atoms with E-state index in [0.29, 0.717) is 5.92 Å². The summed E-state index contributed by atoms with van der Waals surface area (Å²) in [5.74, 6) is 1.32. The van der Waals surface area contributed by atoms with Gasteiger partial charge in [0.2, 0.25) is 0 Å². The fraction of sp³-hybridized carbons (Fsp3) is 1.00. The van der Waals surface area contributed by atoms with Crippen LogP contribution in [-0.2, 0) is 0 Å². The maximum atomic E-state index is 10.6. The Labute approximate surface area is 102 Å². The average molecular weight is 226 g/mol. The molecule has 1 N–H and O–H groups in total. The van der Waals surface area contributed by atoms with Gasteiger partial charge in [0.05, 0.1) is 5.60 Å². The lowest BCUT2D eigenvalue weighted by molar-refractivity contribution is -0.0607. The van der Waals surface area contributed by atoms with Crippen LogP contribution >= 0.6 is 0 Å². The number of hydrogen-bond donors (Lipinski definition) is 1. The minimum absolute atomic E-state index is 0.335. The van der Waals surface area contributed by atoms with Gasteiger partial charge < -0.3 is 5.11 Å². The first-order valence-corrected chi connectivity index (χ1v) is 7.31. The van der Waals surface area contributed by atoms with Crippen molar-refractivity contribution < 1.29 is 5.11 Å². The topological polar surface area (TPSA) is 20.2 Å². The molecular weight excluding hydrogens is 196 g/mol. The summed E-state index contributed by atoms with van der Waals surface area (Å²) in [7, 11) is 0. The molecule has 1 rings (SSSR count). The molecule has 0 bridgehead atoms. The highest BCUT2D eigenvalue weighted by Gasteiger charge is 2.37. The molecular formula is C15H30O. The molecule has 1 heteroatoms. The van der Waals surface area contributed by atoms with Crippen LogP contribution in [-0.4, -0.2) is 10.7 Å². The highest BCUT2D eigenvalue weighted by atomic mass is 16.3. The van der Waals surface area contributed by atoms with Crippen LogP contribution in [0.3, 0.4) is 0 Å². The molecule has 3 atom stereocenters. The van der Waals surface area contributed by atoms with E-state index in [4.69, 9.17) is 0 Å². The Bertz CT molecular complexity index is 190. The zero-order valence-corrected chi connectivity index (χ0v) is 11.5. The Morgan fingerprint density at radius 1 is 1.12 bits per heavy atom. The summed E-state index contributed by atoms with van der Waals surface area (Å²) < 4.78 is 0. The molecule has 16 heavy (non-hydrogen) atoms. The van der Waals surface area contributed by atoms with Gasteiger partial charge in [-0.2, -0.15) is 0 Å². The van der Waals surface area contributed by atoms with E-state index in [9.17, 15) is 5.11 Å². The van der Waals surface area contributed by atoms with E-state index in [1.807, 2.05) is 0 Å². The highest BCUT2D eigenvalue weighted by molar-refractivity contribution is 4.89. The summed E-state index contributed by atoms with van der Waals surface area (Å²) in [5.41, 5.74) is -0.335. The average Bonchev–Trinajstić information content (AvgIpc) is 2.24. The molecule has 0 aromatic rings. The normalized spacial score (nSPS) is 35.2. The van der Waals surface area contributed by atoms with Crippen molar-refractivity contribution in [3.8, 4) is 0 Å². The second-order valence-corrected chi connectivity index (χ2v) is 6.05. The zero-order valence-electron chi connectivity index (χ0n) is 11.5. The van der Waals surface area contributed by atoms with Crippen LogP contribution in [0.2, 0.25) is 0 Å². The van der Waals surface area contributed by atoms with E-state index < -0.39 is 0 Å². The number of aliphatic hydroxyl groups is 1. The van der Waals surface area contributed by atoms with Crippen LogP contribution in [0.15, 0.2) is 0 Å². The van der Waals surface area contributed by atoms with Gasteiger partial charge >= 0.3 is 0 Å². The van der Waals surface area contributed by atoms with Crippen LogP contribution < -0.4 is 0 Å². The number of hydrogen-bond acceptors (Lipinski definition) is 1. The number of unbranched alkanes of at least 4 members (excludes halogenated alkanes) is 4. The largest absolute Gasteiger partial charge is 0.390 e. The lowest BCUT2D eigenvalue weighted by Crippen LogP contribution is -2.41. The summed E-state index contributed by atoms with van der Waals surface area (Å²) in [5, 5.41) is 10.6. The summed E-state index contributed by atoms with van der Waals surface area (Å²) in [6, 6.07) is 0. The summed E-state index contributed by atoms with van der Waals surface area (Å²) in [4.78, 5) is 0. The Kier molecular flexibility index (Phi) is 5.82. The number of rotatable bonds is 6. The van der Waals surface area contributed by atoms with Gasteiger partial charge in [0.1, 0.15) is 0 Å². The first kappa shape index (κ1) is 14.0. The van der Waals surface area contributed by atoms with Crippen LogP contribution in [0, 0.1) is 11.8 Å². The van der Waals surface area contributed by atoms with Crippen molar-refractivity contribution in [2.45, 2.75) is 84.2 Å². The fourth-order valence-corrected chi connectivity index (χ4v) is 3.09. The van der Waals surface area contributed by atoms with Crippen molar-refractivity contribution in [1.29, 1.82) is 0 Å². The Morgan fingerprint density at radius 2 is 1.81 bits per heavy atom. The molecule has 96 valence electrons. The summed E-state index contributed by atoms with van der Waals surface area (Å²) in [6.45, 7) is 6.80. The molecule has 1 saturated carbocycles. The van der Waals surface area contributed by atoms with E-state index >= 15 is 0 Å². The van der Waals surface area contributed by atoms with Crippen LogP contribution in [0.25, 0.3) is 0 Å². The molecule has 0 aromatic heterocycles. The lowest BCUT2D eigenvalue weighted by atomic mass is 9.70. The summed E-state index contributed by atoms with van der Waals surface area (Å²) >= 11 is 0. The molecule has 0 heterocycles. The molecule has 0 aliphatic heterocycles. The Morgan fingerprint density at radius 3 is 2.44 bits per heavy atom. The van der Waals surface area contributed by atoms with E-state index in [-0.39, 0.29) is 5.60 Å². The van der Waals surface area contributed by atoms with Gasteiger partial charge in [-0.15, -0.1) is 0 Å². The minimum Gasteiger partial charge on any atom is -0.390 e. The van der Waals surface area contributed by atoms with E-state index in [1.165, 1.54) is 44.9 Å². The van der Waals surface area contributed by atoms with Gasteiger partial charge in [-0.05, 0) is 37.5 Å². The first-order valence-electron chi connectivity index (χ1n) is 7.31. The van der Waals surface area contributed by atoms with Gasteiger partial charge in [0.25, 0.3) is 0 Å². The Balaban J connectivity index is 2.23. The van der Waals surface area contributed by atoms with E-state index in [2.05, 4.69) is 20.8 Å². The van der Waals surface area contributed by atoms with E-state index in [0.717, 1.165) is 18.8 Å². The summed E-state index contributed by atoms with van der Waals surface area (Å²) in [6.07, 6.45) is 11.0. The standard InChI is InChI=1S/C15H30O/c1-4-5-6-7-8-10-15(16)11-9-13(2)12-14(15)3/h13-14,16H,4-12H2,1-3H3. The monoisotopic (exact) mass is 226 g/mol. The predicted molar refractivity (Wildman–Crippen MR) is 70.5 cm³/mol. The second kappa shape index (κ2) is 6.64. The third-order valence-electron chi connectivity index (χ3n) is 4.46. The first-order chi connectivity index (χ1) is 7.58. The molecule has 1 aliphatic rings. The molecule has 3 unspecified atom stereocenters. The maximum absolute atomic E-state index is 10.6. The van der Waals surface area contributed by atoms with Gasteiger partial charge in [-0.25, -0.2) is 0 Å². The van der Waals surface area contributed by atoms with Gasteiger partial charge in [-0.3, -0.25) is 0 Å². The van der Waals surface area contributed by atoms with Crippen molar-refractivity contribution in [3.63, 3.8) is 0 Å². The van der Waals surface area contributed by atoms with Crippen molar-refractivity contribution in [2.24, 2.45) is 11.8 Å². The molecule has 0 amide bonds. The van der Waals surface area contributed by atoms with Gasteiger partial charge in [0.15, 0.2) is 0 Å². The van der Waals surface area contributed by atoms with Crippen molar-refractivity contribution >= 4 is 0 Å². The van der Waals surface area contributed by atoms with Crippen molar-refractivity contribution in [1.82, 2.24) is 0 Å². The van der Waals surface area contributed by atoms with Gasteiger partial charge in [-0.1, -0.05) is 52.9 Å². The maximum Gasteiger partial charge on any atom is 0.0673 e. The van der Waals surface area contributed by atoms with E-state index in [1.54, 1.807) is 0 Å². The minimum atomic E-state index is -0.335. The molecule has 1 aliphatic carbocycles. The molecule has 0 saturated heterocycles. The van der Waals surface area contributed by atoms with Gasteiger partial charge in [0, 0.05) is 0 Å². The zero-order chi connectivity index (χ0) is 12.0. The molecule has 0 spiro atoms.